The van der Waals surface area contributed by atoms with E-state index in [1.807, 2.05) is 41.4 Å². The van der Waals surface area contributed by atoms with Gasteiger partial charge >= 0.3 is 31.1 Å². The zero-order valence-electron chi connectivity index (χ0n) is 18.3. The second-order valence-corrected chi connectivity index (χ2v) is 8.14. The van der Waals surface area contributed by atoms with Crippen LogP contribution in [0.25, 0.3) is 0 Å². The number of aliphatic hydroxyl groups excluding tert-OH is 1. The van der Waals surface area contributed by atoms with E-state index in [4.69, 9.17) is 5.11 Å². The van der Waals surface area contributed by atoms with Crippen LogP contribution in [-0.4, -0.2) is 55.2 Å². The van der Waals surface area contributed by atoms with Crippen LogP contribution in [0.4, 0.5) is 0 Å². The Bertz CT molecular complexity index is 371. The molecule has 0 heterocycles. The van der Waals surface area contributed by atoms with Crippen LogP contribution in [0, 0.1) is 56.3 Å². The van der Waals surface area contributed by atoms with Gasteiger partial charge in [-0.1, -0.05) is 27.7 Å². The SMILES string of the molecule is CC(C)CCCNC(=O)CC[CH-]CC(=O)C(C)C.[CH2-]C(O)[N+](C)(C)C.[Cl-].[U+2]. The zero-order chi connectivity index (χ0) is 20.0. The Hall–Kier alpha value is 0.402. The normalized spacial score (nSPS) is 11.7. The Kier molecular flexibility index (Phi) is 25.5. The van der Waals surface area contributed by atoms with Gasteiger partial charge in [-0.3, -0.25) is 11.7 Å². The Labute approximate surface area is 197 Å². The summed E-state index contributed by atoms with van der Waals surface area (Å²) >= 11 is 0. The summed E-state index contributed by atoms with van der Waals surface area (Å²) in [5, 5.41) is 11.7. The van der Waals surface area contributed by atoms with Gasteiger partial charge in [0.25, 0.3) is 0 Å². The molecule has 0 bridgehead atoms. The number of amides is 1. The quantitative estimate of drug-likeness (QED) is 0.146. The topological polar surface area (TPSA) is 66.4 Å². The molecule has 7 heteroatoms. The van der Waals surface area contributed by atoms with E-state index in [0.717, 1.165) is 19.4 Å². The molecule has 0 aromatic carbocycles. The Morgan fingerprint density at radius 1 is 1.15 bits per heavy atom. The summed E-state index contributed by atoms with van der Waals surface area (Å²) in [5.74, 6) is 1.11. The van der Waals surface area contributed by atoms with Gasteiger partial charge in [-0.05, 0) is 25.2 Å². The van der Waals surface area contributed by atoms with E-state index in [0.29, 0.717) is 29.7 Å². The second kappa shape index (κ2) is 19.7. The van der Waals surface area contributed by atoms with Crippen molar-refractivity contribution < 1.29 is 62.7 Å². The van der Waals surface area contributed by atoms with Gasteiger partial charge in [0.2, 0.25) is 5.91 Å². The fourth-order valence-electron chi connectivity index (χ4n) is 1.54. The molecule has 0 fully saturated rings. The number of ketones is 1. The average molecular weight is 631 g/mol. The first-order valence-electron chi connectivity index (χ1n) is 9.31. The first-order valence-corrected chi connectivity index (χ1v) is 9.31. The summed E-state index contributed by atoms with van der Waals surface area (Å²) in [5.41, 5.74) is 0. The number of nitrogens with one attached hydrogen (secondary N) is 1. The third-order valence-corrected chi connectivity index (χ3v) is 3.74. The molecule has 1 amide bonds. The van der Waals surface area contributed by atoms with E-state index >= 15 is 0 Å². The van der Waals surface area contributed by atoms with Crippen molar-refractivity contribution in [3.05, 3.63) is 13.3 Å². The summed E-state index contributed by atoms with van der Waals surface area (Å²) < 4.78 is 0.500. The zero-order valence-corrected chi connectivity index (χ0v) is 23.3. The number of halogens is 1. The van der Waals surface area contributed by atoms with Crippen molar-refractivity contribution in [3.8, 4) is 0 Å². The monoisotopic (exact) mass is 630 g/mol. The molecule has 0 saturated heterocycles. The van der Waals surface area contributed by atoms with Crippen molar-refractivity contribution in [3.63, 3.8) is 0 Å². The first-order chi connectivity index (χ1) is 11.4. The molecule has 0 rings (SSSR count). The van der Waals surface area contributed by atoms with Crippen LogP contribution in [0.2, 0.25) is 0 Å². The van der Waals surface area contributed by atoms with Crippen LogP contribution < -0.4 is 17.7 Å². The van der Waals surface area contributed by atoms with Crippen LogP contribution in [0.15, 0.2) is 0 Å². The van der Waals surface area contributed by atoms with Gasteiger partial charge in [-0.2, -0.15) is 6.42 Å². The molecule has 0 aliphatic carbocycles. The predicted molar refractivity (Wildman–Crippen MR) is 104 cm³/mol. The number of nitrogens with zero attached hydrogens (tertiary/aromatic N) is 1. The van der Waals surface area contributed by atoms with E-state index < -0.39 is 6.23 Å². The van der Waals surface area contributed by atoms with Crippen LogP contribution in [0.5, 0.6) is 0 Å². The fourth-order valence-corrected chi connectivity index (χ4v) is 1.54. The van der Waals surface area contributed by atoms with Crippen molar-refractivity contribution in [1.82, 2.24) is 5.32 Å². The molecular weight excluding hydrogens is 590 g/mol. The molecule has 0 spiro atoms. The number of aliphatic hydroxyl groups is 1. The molecule has 27 heavy (non-hydrogen) atoms. The largest absolute Gasteiger partial charge is 2.00 e. The molecule has 0 aliphatic rings. The third-order valence-electron chi connectivity index (χ3n) is 3.74. The maximum atomic E-state index is 11.5. The van der Waals surface area contributed by atoms with Gasteiger partial charge in [0.1, 0.15) is 5.78 Å². The van der Waals surface area contributed by atoms with Gasteiger partial charge in [-0.25, -0.2) is 0 Å². The van der Waals surface area contributed by atoms with Crippen LogP contribution >= 0.6 is 0 Å². The molecule has 0 radical (unpaired) electrons. The van der Waals surface area contributed by atoms with Crippen molar-refractivity contribution >= 4 is 11.7 Å². The summed E-state index contributed by atoms with van der Waals surface area (Å²) in [6.45, 7) is 12.4. The number of hydrogen-bond acceptors (Lipinski definition) is 3. The number of quaternary nitrogens is 1. The molecule has 0 aliphatic heterocycles. The van der Waals surface area contributed by atoms with E-state index in [9.17, 15) is 9.59 Å². The van der Waals surface area contributed by atoms with E-state index in [-0.39, 0.29) is 61.1 Å². The van der Waals surface area contributed by atoms with Crippen LogP contribution in [0.3, 0.4) is 0 Å². The molecule has 2 N–H and O–H groups in total. The summed E-state index contributed by atoms with van der Waals surface area (Å²) in [4.78, 5) is 22.8. The Balaban J connectivity index is -0.000000252. The number of carbonyl (C=O) groups excluding carboxylic acids is 2. The molecule has 1 atom stereocenters. The molecule has 5 nitrogen and oxygen atoms in total. The van der Waals surface area contributed by atoms with Crippen LogP contribution in [0.1, 0.15) is 59.8 Å². The molecule has 0 aromatic rings. The molecule has 1 unspecified atom stereocenters. The number of Topliss-reactive ketones (excluding diaryl/α,β-unsaturated/α-hetero) is 1. The third kappa shape index (κ3) is 26.4. The molecule has 0 saturated carbocycles. The van der Waals surface area contributed by atoms with Crippen molar-refractivity contribution in [2.24, 2.45) is 11.8 Å². The van der Waals surface area contributed by atoms with Gasteiger partial charge in [0.05, 0.1) is 27.4 Å². The standard InChI is InChI=1S/C15H28NO2.C5H13NO.ClH.U/c1-12(2)8-7-11-16-15(18)10-6-5-9-14(17)13(3)4;1-5(7)6(2,3)4;;/h5,12-13H,6-11H2,1-4H3,(H,16,18);5,7H,1H2,2-4H3;1H;/q-1;;;+2/p-1. The Morgan fingerprint density at radius 2 is 1.63 bits per heavy atom. The number of unbranched alkanes of at least 4 members (excludes halogenated alkanes) is 1. The van der Waals surface area contributed by atoms with Crippen LogP contribution in [-0.2, 0) is 9.59 Å². The van der Waals surface area contributed by atoms with Crippen molar-refractivity contribution in [1.29, 1.82) is 0 Å². The minimum atomic E-state index is -0.514. The average Bonchev–Trinajstić information content (AvgIpc) is 2.47. The van der Waals surface area contributed by atoms with Crippen molar-refractivity contribution in [2.75, 3.05) is 27.7 Å². The van der Waals surface area contributed by atoms with Gasteiger partial charge in [-0.15, -0.1) is 6.42 Å². The number of hydrogen-bond donors (Lipinski definition) is 2. The van der Waals surface area contributed by atoms with Gasteiger partial charge in [0, 0.05) is 12.5 Å². The second-order valence-electron chi connectivity index (χ2n) is 8.14. The van der Waals surface area contributed by atoms with E-state index in [2.05, 4.69) is 26.1 Å². The molecule has 160 valence electrons. The van der Waals surface area contributed by atoms with E-state index in [1.54, 1.807) is 0 Å². The predicted octanol–water partition coefficient (Wildman–Crippen LogP) is -0.0124. The maximum Gasteiger partial charge on any atom is 2.00 e. The summed E-state index contributed by atoms with van der Waals surface area (Å²) in [6, 6.07) is 0. The first kappa shape index (κ1) is 34.9. The fraction of sp³-hybridized carbons (Fsp3) is 0.800. The number of rotatable bonds is 11. The summed E-state index contributed by atoms with van der Waals surface area (Å²) in [6.07, 6.45) is 5.25. The minimum absolute atomic E-state index is 0. The smallest absolute Gasteiger partial charge is 1.00 e. The number of carbonyl (C=O) groups is 2. The van der Waals surface area contributed by atoms with Crippen molar-refractivity contribution in [2.45, 2.75) is 66.0 Å². The van der Waals surface area contributed by atoms with Gasteiger partial charge < -0.3 is 38.5 Å². The van der Waals surface area contributed by atoms with Gasteiger partial charge in [0.15, 0.2) is 0 Å². The molecule has 0 aromatic heterocycles. The molecular formula is C20H41ClN2O3U. The summed E-state index contributed by atoms with van der Waals surface area (Å²) in [7, 11) is 5.66. The maximum absolute atomic E-state index is 11.5. The van der Waals surface area contributed by atoms with E-state index in [1.165, 1.54) is 0 Å². The minimum Gasteiger partial charge on any atom is -1.00 e. The Morgan fingerprint density at radius 3 is 2.00 bits per heavy atom.